The van der Waals surface area contributed by atoms with Crippen molar-refractivity contribution in [3.63, 3.8) is 0 Å². The van der Waals surface area contributed by atoms with Gasteiger partial charge >= 0.3 is 6.18 Å². The van der Waals surface area contributed by atoms with Crippen LogP contribution in [0.2, 0.25) is 0 Å². The molecule has 0 bridgehead atoms. The average molecular weight is 355 g/mol. The fraction of sp³-hybridized carbons (Fsp3) is 0.556. The van der Waals surface area contributed by atoms with Gasteiger partial charge in [0.15, 0.2) is 6.10 Å². The second-order valence-electron chi connectivity index (χ2n) is 6.77. The quantitative estimate of drug-likeness (QED) is 0.828. The molecule has 1 saturated carbocycles. The highest BCUT2D eigenvalue weighted by Gasteiger charge is 2.48. The number of Topliss-reactive ketones (excluding diaryl/α,β-unsaturated/α-hetero) is 1. The molecule has 0 unspecified atom stereocenters. The molecule has 2 fully saturated rings. The topological polar surface area (TPSA) is 46.6 Å². The Morgan fingerprint density at radius 2 is 1.68 bits per heavy atom. The molecule has 1 atom stereocenters. The van der Waals surface area contributed by atoms with Gasteiger partial charge in [-0.25, -0.2) is 0 Å². The molecule has 3 rings (SSSR count). The Morgan fingerprint density at radius 1 is 1.08 bits per heavy atom. The van der Waals surface area contributed by atoms with Gasteiger partial charge in [0, 0.05) is 32.2 Å². The summed E-state index contributed by atoms with van der Waals surface area (Å²) >= 11 is 0. The predicted octanol–water partition coefficient (Wildman–Crippen LogP) is 3.80. The van der Waals surface area contributed by atoms with Gasteiger partial charge in [0.05, 0.1) is 5.41 Å². The fourth-order valence-corrected chi connectivity index (χ4v) is 3.83. The molecule has 25 heavy (non-hydrogen) atoms. The highest BCUT2D eigenvalue weighted by Crippen LogP contribution is 2.45. The Kier molecular flexibility index (Phi) is 4.62. The van der Waals surface area contributed by atoms with E-state index in [1.54, 1.807) is 4.90 Å². The lowest BCUT2D eigenvalue weighted by Gasteiger charge is -2.31. The number of rotatable bonds is 3. The summed E-state index contributed by atoms with van der Waals surface area (Å²) < 4.78 is 43.3. The van der Waals surface area contributed by atoms with E-state index in [-0.39, 0.29) is 17.3 Å². The van der Waals surface area contributed by atoms with Crippen LogP contribution in [0.15, 0.2) is 24.3 Å². The van der Waals surface area contributed by atoms with E-state index in [4.69, 9.17) is 0 Å². The van der Waals surface area contributed by atoms with Crippen molar-refractivity contribution >= 4 is 17.4 Å². The van der Waals surface area contributed by atoms with Crippen LogP contribution in [-0.4, -0.2) is 31.5 Å². The minimum Gasteiger partial charge on any atom is -0.367 e. The molecule has 2 aliphatic rings. The first-order chi connectivity index (χ1) is 11.8. The summed E-state index contributed by atoms with van der Waals surface area (Å²) in [5.41, 5.74) is 0.107. The number of hydrogen-bond acceptors (Lipinski definition) is 3. The van der Waals surface area contributed by atoms with Crippen LogP contribution in [0.1, 0.15) is 43.8 Å². The zero-order chi connectivity index (χ0) is 18.2. The van der Waals surface area contributed by atoms with Gasteiger partial charge in [-0.3, -0.25) is 9.59 Å². The number of ether oxygens (including phenoxy) is 1. The van der Waals surface area contributed by atoms with Crippen LogP contribution in [0.3, 0.4) is 0 Å². The summed E-state index contributed by atoms with van der Waals surface area (Å²) in [6.07, 6.45) is -3.79. The summed E-state index contributed by atoms with van der Waals surface area (Å²) in [7, 11) is 1.02. The maximum atomic E-state index is 12.9. The van der Waals surface area contributed by atoms with E-state index in [2.05, 4.69) is 4.74 Å². The van der Waals surface area contributed by atoms with Crippen LogP contribution in [0.25, 0.3) is 0 Å². The number of nitrogens with zero attached hydrogens (tertiary/aromatic N) is 1. The zero-order valence-electron chi connectivity index (χ0n) is 13.9. The molecule has 1 aliphatic carbocycles. The molecule has 4 nitrogen and oxygen atoms in total. The predicted molar refractivity (Wildman–Crippen MR) is 85.1 cm³/mol. The maximum absolute atomic E-state index is 12.9. The molecule has 7 heteroatoms. The van der Waals surface area contributed by atoms with E-state index >= 15 is 0 Å². The third-order valence-corrected chi connectivity index (χ3v) is 5.32. The van der Waals surface area contributed by atoms with Crippen LogP contribution in [0.5, 0.6) is 0 Å². The number of carbonyl (C=O) groups excluding carboxylic acids is 2. The second-order valence-corrected chi connectivity index (χ2v) is 6.77. The number of halogens is 3. The van der Waals surface area contributed by atoms with Crippen molar-refractivity contribution in [2.75, 3.05) is 18.6 Å². The number of carbonyl (C=O) groups is 2. The Balaban J connectivity index is 1.77. The number of alkyl halides is 3. The number of methoxy groups -OCH3 is 1. The normalized spacial score (nSPS) is 21.8. The summed E-state index contributed by atoms with van der Waals surface area (Å²) in [6, 6.07) is 5.75. The number of amides is 1. The minimum absolute atomic E-state index is 0.00312. The van der Waals surface area contributed by atoms with Crippen molar-refractivity contribution in [2.45, 2.75) is 44.4 Å². The molecule has 1 aromatic rings. The highest BCUT2D eigenvalue weighted by atomic mass is 19.4. The van der Waals surface area contributed by atoms with Gasteiger partial charge in [0.1, 0.15) is 5.78 Å². The minimum atomic E-state index is -4.49. The van der Waals surface area contributed by atoms with Crippen LogP contribution < -0.4 is 4.90 Å². The molecule has 0 aromatic heterocycles. The van der Waals surface area contributed by atoms with Crippen molar-refractivity contribution < 1.29 is 27.5 Å². The SMILES string of the molecule is CO[C@H](c1ccc(N2CCC3(CCC(=O)CC3)C2=O)cc1)C(F)(F)F. The Hall–Kier alpha value is -1.89. The zero-order valence-corrected chi connectivity index (χ0v) is 13.9. The summed E-state index contributed by atoms with van der Waals surface area (Å²) in [5.74, 6) is 0.172. The summed E-state index contributed by atoms with van der Waals surface area (Å²) in [5, 5.41) is 0. The second kappa shape index (κ2) is 6.44. The standard InChI is InChI=1S/C18H20F3NO3/c1-25-15(18(19,20)21)12-2-4-13(5-3-12)22-11-10-17(16(22)24)8-6-14(23)7-9-17/h2-5,15H,6-11H2,1H3/t15-/m1/s1. The Morgan fingerprint density at radius 3 is 2.20 bits per heavy atom. The Bertz CT molecular complexity index is 659. The van der Waals surface area contributed by atoms with E-state index in [0.717, 1.165) is 7.11 Å². The number of hydrogen-bond donors (Lipinski definition) is 0. The van der Waals surface area contributed by atoms with Gasteiger partial charge in [-0.15, -0.1) is 0 Å². The molecule has 0 N–H and O–H groups in total. The monoisotopic (exact) mass is 355 g/mol. The number of anilines is 1. The van der Waals surface area contributed by atoms with Crippen molar-refractivity contribution in [1.82, 2.24) is 0 Å². The van der Waals surface area contributed by atoms with Gasteiger partial charge in [0.25, 0.3) is 0 Å². The van der Waals surface area contributed by atoms with E-state index in [1.165, 1.54) is 24.3 Å². The summed E-state index contributed by atoms with van der Waals surface area (Å²) in [4.78, 5) is 25.9. The molecule has 1 aromatic carbocycles. The van der Waals surface area contributed by atoms with Gasteiger partial charge in [-0.2, -0.15) is 13.2 Å². The molecule has 136 valence electrons. The molecule has 1 saturated heterocycles. The Labute approximate surface area is 143 Å². The van der Waals surface area contributed by atoms with Gasteiger partial charge in [0.2, 0.25) is 5.91 Å². The van der Waals surface area contributed by atoms with Gasteiger partial charge in [-0.05, 0) is 37.0 Å². The van der Waals surface area contributed by atoms with Gasteiger partial charge in [-0.1, -0.05) is 12.1 Å². The van der Waals surface area contributed by atoms with Crippen molar-refractivity contribution in [2.24, 2.45) is 5.41 Å². The van der Waals surface area contributed by atoms with E-state index in [9.17, 15) is 22.8 Å². The summed E-state index contributed by atoms with van der Waals surface area (Å²) in [6.45, 7) is 0.527. The lowest BCUT2D eigenvalue weighted by molar-refractivity contribution is -0.215. The van der Waals surface area contributed by atoms with E-state index in [0.29, 0.717) is 44.3 Å². The number of ketones is 1. The molecule has 1 heterocycles. The van der Waals surface area contributed by atoms with Crippen molar-refractivity contribution in [3.05, 3.63) is 29.8 Å². The highest BCUT2D eigenvalue weighted by molar-refractivity contribution is 6.01. The van der Waals surface area contributed by atoms with E-state index < -0.39 is 17.7 Å². The van der Waals surface area contributed by atoms with E-state index in [1.807, 2.05) is 0 Å². The van der Waals surface area contributed by atoms with Crippen molar-refractivity contribution in [1.29, 1.82) is 0 Å². The first-order valence-corrected chi connectivity index (χ1v) is 8.30. The molecule has 1 spiro atoms. The largest absolute Gasteiger partial charge is 0.418 e. The molecule has 1 aliphatic heterocycles. The third kappa shape index (κ3) is 3.29. The molecular weight excluding hydrogens is 335 g/mol. The van der Waals surface area contributed by atoms with Crippen LogP contribution >= 0.6 is 0 Å². The average Bonchev–Trinajstić information content (AvgIpc) is 2.87. The van der Waals surface area contributed by atoms with Gasteiger partial charge < -0.3 is 9.64 Å². The molecule has 0 radical (unpaired) electrons. The number of benzene rings is 1. The third-order valence-electron chi connectivity index (χ3n) is 5.32. The molecular formula is C18H20F3NO3. The van der Waals surface area contributed by atoms with Crippen LogP contribution in [0.4, 0.5) is 18.9 Å². The molecule has 1 amide bonds. The smallest absolute Gasteiger partial charge is 0.367 e. The maximum Gasteiger partial charge on any atom is 0.418 e. The first kappa shape index (κ1) is 17.9. The van der Waals surface area contributed by atoms with Crippen LogP contribution in [-0.2, 0) is 14.3 Å². The fourth-order valence-electron chi connectivity index (χ4n) is 3.83. The van der Waals surface area contributed by atoms with Crippen LogP contribution in [0, 0.1) is 5.41 Å². The lowest BCUT2D eigenvalue weighted by atomic mass is 9.72. The van der Waals surface area contributed by atoms with Crippen molar-refractivity contribution in [3.8, 4) is 0 Å². The first-order valence-electron chi connectivity index (χ1n) is 8.30. The lowest BCUT2D eigenvalue weighted by Crippen LogP contribution is -2.37.